The maximum Gasteiger partial charge on any atom is 0.251 e. The summed E-state index contributed by atoms with van der Waals surface area (Å²) in [5.74, 6) is 2.75. The predicted octanol–water partition coefficient (Wildman–Crippen LogP) is 5.37. The molecule has 4 nitrogen and oxygen atoms in total. The number of carbonyl (C=O) groups excluding carboxylic acids is 1. The van der Waals surface area contributed by atoms with Crippen LogP contribution in [0.2, 0.25) is 0 Å². The number of rotatable bonds is 4. The van der Waals surface area contributed by atoms with Crippen molar-refractivity contribution in [1.29, 1.82) is 0 Å². The molecule has 1 saturated heterocycles. The van der Waals surface area contributed by atoms with Crippen molar-refractivity contribution in [1.82, 2.24) is 10.3 Å². The molecule has 1 aliphatic carbocycles. The van der Waals surface area contributed by atoms with E-state index in [9.17, 15) is 4.79 Å². The van der Waals surface area contributed by atoms with Gasteiger partial charge in [-0.25, -0.2) is 4.98 Å². The Hall–Kier alpha value is -1.23. The Morgan fingerprint density at radius 2 is 1.67 bits per heavy atom. The first-order valence-corrected chi connectivity index (χ1v) is 12.0. The molecule has 0 bridgehead atoms. The normalized spacial score (nSPS) is 23.2. The summed E-state index contributed by atoms with van der Waals surface area (Å²) in [4.78, 5) is 17.1. The number of nitrogens with zero attached hydrogens (tertiary/aromatic N) is 1. The van der Waals surface area contributed by atoms with Gasteiger partial charge in [0.05, 0.1) is 0 Å². The minimum atomic E-state index is 0.0140. The van der Waals surface area contributed by atoms with Crippen LogP contribution in [0.5, 0.6) is 5.88 Å². The van der Waals surface area contributed by atoms with E-state index in [1.165, 1.54) is 57.8 Å². The Balaban J connectivity index is 1.53. The number of carbonyl (C=O) groups is 1. The smallest absolute Gasteiger partial charge is 0.251 e. The zero-order chi connectivity index (χ0) is 18.7. The average molecular weight is 391 g/mol. The van der Waals surface area contributed by atoms with Crippen LogP contribution in [0, 0.1) is 0 Å². The Morgan fingerprint density at radius 1 is 1.00 bits per heavy atom. The molecule has 1 aromatic heterocycles. The summed E-state index contributed by atoms with van der Waals surface area (Å²) in [6.07, 6.45) is 17.0. The van der Waals surface area contributed by atoms with Crippen LogP contribution in [0.1, 0.15) is 87.4 Å². The van der Waals surface area contributed by atoms with Crippen molar-refractivity contribution in [3.63, 3.8) is 0 Å². The van der Waals surface area contributed by atoms with Crippen LogP contribution in [-0.4, -0.2) is 34.5 Å². The van der Waals surface area contributed by atoms with Crippen molar-refractivity contribution >= 4 is 17.7 Å². The van der Waals surface area contributed by atoms with Crippen LogP contribution < -0.4 is 10.1 Å². The van der Waals surface area contributed by atoms with E-state index < -0.39 is 0 Å². The maximum atomic E-state index is 12.8. The van der Waals surface area contributed by atoms with E-state index >= 15 is 0 Å². The molecule has 150 valence electrons. The first kappa shape index (κ1) is 20.5. The first-order valence-electron chi connectivity index (χ1n) is 10.8. The zero-order valence-electron chi connectivity index (χ0n) is 16.5. The Morgan fingerprint density at radius 3 is 2.30 bits per heavy atom. The van der Waals surface area contributed by atoms with Crippen molar-refractivity contribution in [2.24, 2.45) is 0 Å². The molecule has 0 aromatic carbocycles. The fraction of sp³-hybridized carbons (Fsp3) is 0.727. The van der Waals surface area contributed by atoms with E-state index in [0.717, 1.165) is 30.8 Å². The summed E-state index contributed by atoms with van der Waals surface area (Å²) in [6, 6.07) is 3.88. The third-order valence-corrected chi connectivity index (χ3v) is 6.74. The summed E-state index contributed by atoms with van der Waals surface area (Å²) >= 11 is 1.91. The van der Waals surface area contributed by atoms with Crippen molar-refractivity contribution in [3.05, 3.63) is 23.9 Å². The number of pyridine rings is 1. The van der Waals surface area contributed by atoms with E-state index in [1.54, 1.807) is 18.3 Å². The molecule has 0 radical (unpaired) electrons. The van der Waals surface area contributed by atoms with Gasteiger partial charge in [-0.05, 0) is 31.1 Å². The highest BCUT2D eigenvalue weighted by atomic mass is 32.2. The van der Waals surface area contributed by atoms with Crippen molar-refractivity contribution in [2.75, 3.05) is 11.5 Å². The number of amides is 1. The largest absolute Gasteiger partial charge is 0.473 e. The van der Waals surface area contributed by atoms with Crippen LogP contribution in [-0.2, 0) is 0 Å². The number of hydrogen-bond donors (Lipinski definition) is 1. The summed E-state index contributed by atoms with van der Waals surface area (Å²) in [5.41, 5.74) is 0.664. The van der Waals surface area contributed by atoms with E-state index in [2.05, 4.69) is 10.3 Å². The van der Waals surface area contributed by atoms with Gasteiger partial charge in [0.25, 0.3) is 5.91 Å². The zero-order valence-corrected chi connectivity index (χ0v) is 17.3. The molecule has 1 aromatic rings. The van der Waals surface area contributed by atoms with E-state index in [0.29, 0.717) is 17.5 Å². The van der Waals surface area contributed by atoms with Gasteiger partial charge in [0.15, 0.2) is 0 Å². The highest BCUT2D eigenvalue weighted by Crippen LogP contribution is 2.22. The lowest BCUT2D eigenvalue weighted by molar-refractivity contribution is 0.0930. The van der Waals surface area contributed by atoms with Gasteiger partial charge in [0.2, 0.25) is 5.88 Å². The molecule has 2 fully saturated rings. The van der Waals surface area contributed by atoms with Crippen molar-refractivity contribution in [2.45, 2.75) is 89.2 Å². The lowest BCUT2D eigenvalue weighted by Gasteiger charge is -2.20. The first-order chi connectivity index (χ1) is 13.3. The van der Waals surface area contributed by atoms with Gasteiger partial charge in [0, 0.05) is 29.6 Å². The van der Waals surface area contributed by atoms with Crippen molar-refractivity contribution < 1.29 is 9.53 Å². The van der Waals surface area contributed by atoms with E-state index in [4.69, 9.17) is 4.74 Å². The summed E-state index contributed by atoms with van der Waals surface area (Å²) in [6.45, 7) is 0. The quantitative estimate of drug-likeness (QED) is 0.751. The summed E-state index contributed by atoms with van der Waals surface area (Å²) < 4.78 is 5.94. The van der Waals surface area contributed by atoms with Crippen LogP contribution in [0.15, 0.2) is 18.3 Å². The van der Waals surface area contributed by atoms with Gasteiger partial charge in [-0.15, -0.1) is 0 Å². The highest BCUT2D eigenvalue weighted by molar-refractivity contribution is 7.99. The average Bonchev–Trinajstić information content (AvgIpc) is 3.17. The molecule has 1 unspecified atom stereocenters. The predicted molar refractivity (Wildman–Crippen MR) is 113 cm³/mol. The molecule has 27 heavy (non-hydrogen) atoms. The minimum absolute atomic E-state index is 0.0140. The molecule has 1 N–H and O–H groups in total. The maximum absolute atomic E-state index is 12.8. The van der Waals surface area contributed by atoms with Crippen LogP contribution in [0.4, 0.5) is 0 Å². The van der Waals surface area contributed by atoms with Gasteiger partial charge in [-0.2, -0.15) is 11.8 Å². The molecule has 1 saturated carbocycles. The SMILES string of the molecule is O=C(NC1CCCCCCCCCCC1)c1ccnc(OC2CCSC2)c1. The van der Waals surface area contributed by atoms with Gasteiger partial charge in [-0.1, -0.05) is 57.8 Å². The minimum Gasteiger partial charge on any atom is -0.473 e. The van der Waals surface area contributed by atoms with E-state index in [-0.39, 0.29) is 12.0 Å². The third kappa shape index (κ3) is 7.36. The van der Waals surface area contributed by atoms with Gasteiger partial charge >= 0.3 is 0 Å². The van der Waals surface area contributed by atoms with Crippen LogP contribution >= 0.6 is 11.8 Å². The third-order valence-electron chi connectivity index (χ3n) is 5.61. The lowest BCUT2D eigenvalue weighted by atomic mass is 9.97. The summed E-state index contributed by atoms with van der Waals surface area (Å²) in [7, 11) is 0. The Kier molecular flexibility index (Phi) is 8.79. The molecule has 2 aliphatic rings. The molecule has 5 heteroatoms. The molecular weight excluding hydrogens is 356 g/mol. The van der Waals surface area contributed by atoms with Gasteiger partial charge in [-0.3, -0.25) is 4.79 Å². The molecule has 3 rings (SSSR count). The molecule has 2 heterocycles. The number of ether oxygens (including phenoxy) is 1. The lowest BCUT2D eigenvalue weighted by Crippen LogP contribution is -2.35. The standard InChI is InChI=1S/C22H34N2O2S/c25-22(18-12-14-23-21(16-18)26-20-13-15-27-17-20)24-19-10-8-6-4-2-1-3-5-7-9-11-19/h12,14,16,19-20H,1-11,13,15,17H2,(H,24,25). The molecule has 0 spiro atoms. The van der Waals surface area contributed by atoms with Gasteiger partial charge < -0.3 is 10.1 Å². The second-order valence-corrected chi connectivity index (χ2v) is 9.07. The number of nitrogens with one attached hydrogen (secondary N) is 1. The van der Waals surface area contributed by atoms with Gasteiger partial charge in [0.1, 0.15) is 6.10 Å². The fourth-order valence-electron chi connectivity index (χ4n) is 3.97. The Labute approximate surface area is 168 Å². The second kappa shape index (κ2) is 11.6. The summed E-state index contributed by atoms with van der Waals surface area (Å²) in [5, 5.41) is 3.28. The van der Waals surface area contributed by atoms with E-state index in [1.807, 2.05) is 11.8 Å². The molecule has 1 aliphatic heterocycles. The number of aromatic nitrogens is 1. The molecule has 1 amide bonds. The number of hydrogen-bond acceptors (Lipinski definition) is 4. The molecular formula is C22H34N2O2S. The number of thioether (sulfide) groups is 1. The molecule has 1 atom stereocenters. The topological polar surface area (TPSA) is 51.2 Å². The van der Waals surface area contributed by atoms with Crippen molar-refractivity contribution in [3.8, 4) is 5.88 Å². The van der Waals surface area contributed by atoms with Crippen LogP contribution in [0.25, 0.3) is 0 Å². The van der Waals surface area contributed by atoms with Crippen LogP contribution in [0.3, 0.4) is 0 Å². The highest BCUT2D eigenvalue weighted by Gasteiger charge is 2.19. The monoisotopic (exact) mass is 390 g/mol. The Bertz CT molecular complexity index is 563. The fourth-order valence-corrected chi connectivity index (χ4v) is 5.06. The second-order valence-electron chi connectivity index (χ2n) is 7.92.